The van der Waals surface area contributed by atoms with Crippen LogP contribution in [0.1, 0.15) is 58.5 Å². The molecule has 2 aliphatic carbocycles. The molecule has 1 heterocycles. The molecule has 8 nitrogen and oxygen atoms in total. The summed E-state index contributed by atoms with van der Waals surface area (Å²) in [4.78, 5) is 25.2. The summed E-state index contributed by atoms with van der Waals surface area (Å²) in [6.07, 6.45) is 10.2. The van der Waals surface area contributed by atoms with Crippen LogP contribution in [-0.2, 0) is 16.5 Å². The maximum absolute atomic E-state index is 11.4. The van der Waals surface area contributed by atoms with E-state index in [0.29, 0.717) is 29.3 Å². The van der Waals surface area contributed by atoms with Gasteiger partial charge < -0.3 is 15.2 Å². The lowest BCUT2D eigenvalue weighted by atomic mass is 10.0. The Morgan fingerprint density at radius 2 is 1.70 bits per heavy atom. The molecule has 0 spiro atoms. The highest BCUT2D eigenvalue weighted by atomic mass is 32.2. The Bertz CT molecular complexity index is 1070. The topological polar surface area (TPSA) is 145 Å². The summed E-state index contributed by atoms with van der Waals surface area (Å²) in [5.41, 5.74) is 0.307. The molecule has 9 heteroatoms. The molecule has 1 saturated carbocycles. The minimum Gasteiger partial charge on any atom is -0.478 e. The molecule has 2 bridgehead atoms. The average Bonchev–Trinajstić information content (AvgIpc) is 3.39. The first-order valence-corrected chi connectivity index (χ1v) is 11.5. The van der Waals surface area contributed by atoms with Crippen molar-refractivity contribution in [1.82, 2.24) is 4.98 Å². The lowest BCUT2D eigenvalue weighted by Gasteiger charge is -2.04. The van der Waals surface area contributed by atoms with Crippen LogP contribution in [0, 0.1) is 11.8 Å². The van der Waals surface area contributed by atoms with Crippen LogP contribution in [-0.4, -0.2) is 45.9 Å². The highest BCUT2D eigenvalue weighted by Gasteiger charge is 2.25. The van der Waals surface area contributed by atoms with Crippen molar-refractivity contribution >= 4 is 33.0 Å². The second-order valence-electron chi connectivity index (χ2n) is 7.79. The molecule has 1 fully saturated rings. The summed E-state index contributed by atoms with van der Waals surface area (Å²) in [6.45, 7) is 0. The number of hydrogen-bond donors (Lipinski definition) is 4. The second kappa shape index (κ2) is 9.01. The summed E-state index contributed by atoms with van der Waals surface area (Å²) in [6, 6.07) is 4.91. The van der Waals surface area contributed by atoms with E-state index in [1.165, 1.54) is 19.3 Å². The zero-order valence-electron chi connectivity index (χ0n) is 16.4. The Hall–Kier alpha value is -2.65. The van der Waals surface area contributed by atoms with Gasteiger partial charge in [-0.3, -0.25) is 4.55 Å². The van der Waals surface area contributed by atoms with E-state index < -0.39 is 27.8 Å². The van der Waals surface area contributed by atoms with Crippen molar-refractivity contribution in [2.24, 2.45) is 11.8 Å². The first-order chi connectivity index (χ1) is 14.2. The van der Waals surface area contributed by atoms with E-state index in [2.05, 4.69) is 17.1 Å². The summed E-state index contributed by atoms with van der Waals surface area (Å²) < 4.78 is 30.1. The van der Waals surface area contributed by atoms with E-state index in [4.69, 9.17) is 9.66 Å². The quantitative estimate of drug-likeness (QED) is 0.294. The lowest BCUT2D eigenvalue weighted by Crippen LogP contribution is -2.07. The van der Waals surface area contributed by atoms with Crippen LogP contribution in [0.25, 0.3) is 10.9 Å². The second-order valence-corrected chi connectivity index (χ2v) is 9.36. The summed E-state index contributed by atoms with van der Waals surface area (Å²) in [7, 11) is -4.03. The van der Waals surface area contributed by atoms with Crippen molar-refractivity contribution in [3.05, 3.63) is 47.2 Å². The molecule has 0 aliphatic heterocycles. The van der Waals surface area contributed by atoms with E-state index in [-0.39, 0.29) is 17.7 Å². The number of unbranched alkanes of at least 4 members (excludes halogenated alkanes) is 1. The third-order valence-corrected chi connectivity index (χ3v) is 6.41. The van der Waals surface area contributed by atoms with Gasteiger partial charge in [-0.15, -0.1) is 0 Å². The molecule has 162 valence electrons. The number of carbonyl (C=O) groups is 2. The van der Waals surface area contributed by atoms with Crippen molar-refractivity contribution in [2.75, 3.05) is 5.75 Å². The summed E-state index contributed by atoms with van der Waals surface area (Å²) >= 11 is 0. The van der Waals surface area contributed by atoms with Crippen molar-refractivity contribution in [2.45, 2.75) is 38.5 Å². The minimum atomic E-state index is -4.03. The van der Waals surface area contributed by atoms with Crippen molar-refractivity contribution in [3.8, 4) is 0 Å². The van der Waals surface area contributed by atoms with Crippen LogP contribution in [0.4, 0.5) is 0 Å². The predicted molar refractivity (Wildman–Crippen MR) is 112 cm³/mol. The van der Waals surface area contributed by atoms with E-state index in [9.17, 15) is 23.1 Å². The fourth-order valence-electron chi connectivity index (χ4n) is 4.22. The normalized spacial score (nSPS) is 19.6. The average molecular weight is 435 g/mol. The van der Waals surface area contributed by atoms with Gasteiger partial charge in [-0.2, -0.15) is 8.42 Å². The molecule has 4 rings (SSSR count). The van der Waals surface area contributed by atoms with Gasteiger partial charge in [0, 0.05) is 10.9 Å². The molecule has 0 amide bonds. The zero-order valence-corrected chi connectivity index (χ0v) is 17.2. The molecule has 1 aromatic heterocycles. The summed E-state index contributed by atoms with van der Waals surface area (Å²) in [5.74, 6) is -1.10. The van der Waals surface area contributed by atoms with Gasteiger partial charge in [0.1, 0.15) is 5.69 Å². The first kappa shape index (κ1) is 22.0. The maximum atomic E-state index is 11.4. The Balaban J connectivity index is 0.000000302. The van der Waals surface area contributed by atoms with Crippen LogP contribution in [0.3, 0.4) is 0 Å². The van der Waals surface area contributed by atoms with Crippen LogP contribution in [0.5, 0.6) is 0 Å². The number of nitrogens with one attached hydrogen (secondary N) is 1. The van der Waals surface area contributed by atoms with E-state index in [1.807, 2.05) is 0 Å². The Kier molecular flexibility index (Phi) is 6.62. The number of carboxylic acids is 2. The molecule has 30 heavy (non-hydrogen) atoms. The van der Waals surface area contributed by atoms with Crippen molar-refractivity contribution < 1.29 is 32.8 Å². The SMILES string of the molecule is C1=CC2CCC1C2.O=C(O)c1[nH]c2cccc(CCCCS(=O)(=O)O)c2c1C(=O)O. The minimum absolute atomic E-state index is 0.216. The molecule has 2 unspecified atom stereocenters. The van der Waals surface area contributed by atoms with Crippen molar-refractivity contribution in [1.29, 1.82) is 0 Å². The van der Waals surface area contributed by atoms with Gasteiger partial charge >= 0.3 is 11.9 Å². The molecule has 2 aliphatic rings. The van der Waals surface area contributed by atoms with Crippen LogP contribution >= 0.6 is 0 Å². The number of carboxylic acid groups (broad SMARTS) is 2. The third-order valence-electron chi connectivity index (χ3n) is 5.61. The van der Waals surface area contributed by atoms with Crippen molar-refractivity contribution in [3.63, 3.8) is 0 Å². The molecule has 2 atom stereocenters. The number of aryl methyl sites for hydroxylation is 1. The number of fused-ring (bicyclic) bond motifs is 3. The highest BCUT2D eigenvalue weighted by molar-refractivity contribution is 7.85. The molecule has 0 radical (unpaired) electrons. The van der Waals surface area contributed by atoms with E-state index in [0.717, 1.165) is 11.8 Å². The molecular formula is C21H25NO7S. The van der Waals surface area contributed by atoms with Gasteiger partial charge in [-0.1, -0.05) is 24.3 Å². The van der Waals surface area contributed by atoms with Gasteiger partial charge in [0.15, 0.2) is 0 Å². The van der Waals surface area contributed by atoms with Gasteiger partial charge in [0.2, 0.25) is 0 Å². The third kappa shape index (κ3) is 5.28. The number of rotatable bonds is 7. The number of benzene rings is 1. The van der Waals surface area contributed by atoms with Gasteiger partial charge in [-0.05, 0) is 62.0 Å². The van der Waals surface area contributed by atoms with Crippen LogP contribution < -0.4 is 0 Å². The Labute approximate surface area is 174 Å². The number of aromatic nitrogens is 1. The van der Waals surface area contributed by atoms with Gasteiger partial charge in [0.25, 0.3) is 10.1 Å². The Morgan fingerprint density at radius 1 is 1.03 bits per heavy atom. The number of allylic oxidation sites excluding steroid dienone is 2. The maximum Gasteiger partial charge on any atom is 0.353 e. The first-order valence-electron chi connectivity index (χ1n) is 9.89. The van der Waals surface area contributed by atoms with Crippen LogP contribution in [0.15, 0.2) is 30.4 Å². The highest BCUT2D eigenvalue weighted by Crippen LogP contribution is 2.38. The molecule has 0 saturated heterocycles. The van der Waals surface area contributed by atoms with E-state index >= 15 is 0 Å². The van der Waals surface area contributed by atoms with E-state index in [1.54, 1.807) is 18.2 Å². The summed E-state index contributed by atoms with van der Waals surface area (Å²) in [5, 5.41) is 18.7. The predicted octanol–water partition coefficient (Wildman–Crippen LogP) is 3.75. The molecule has 1 aromatic carbocycles. The molecule has 2 aromatic rings. The molecule has 4 N–H and O–H groups in total. The Morgan fingerprint density at radius 3 is 2.17 bits per heavy atom. The van der Waals surface area contributed by atoms with Gasteiger partial charge in [0.05, 0.1) is 11.3 Å². The number of H-pyrrole nitrogens is 1. The van der Waals surface area contributed by atoms with Crippen LogP contribution in [0.2, 0.25) is 0 Å². The fraction of sp³-hybridized carbons (Fsp3) is 0.429. The lowest BCUT2D eigenvalue weighted by molar-refractivity contribution is 0.0649. The smallest absolute Gasteiger partial charge is 0.353 e. The zero-order chi connectivity index (χ0) is 21.9. The number of aromatic amines is 1. The standard InChI is InChI=1S/C14H15NO7S.C7H10/c16-13(17)11-10-8(4-1-2-7-23(20,21)22)5-3-6-9(10)15-12(11)14(18)19;1-2-7-4-3-6(1)5-7/h3,5-6,15H,1-2,4,7H2,(H,16,17)(H,18,19)(H,20,21,22);1-2,6-7H,3-5H2. The monoisotopic (exact) mass is 435 g/mol. The fourth-order valence-corrected chi connectivity index (χ4v) is 4.79. The largest absolute Gasteiger partial charge is 0.478 e. The van der Waals surface area contributed by atoms with Gasteiger partial charge in [-0.25, -0.2) is 9.59 Å². The number of aromatic carboxylic acids is 2. The number of hydrogen-bond acceptors (Lipinski definition) is 4. The molecular weight excluding hydrogens is 410 g/mol.